The molecular formula is C28H24ClN3O5. The molecule has 3 aromatic rings. The van der Waals surface area contributed by atoms with Gasteiger partial charge in [-0.05, 0) is 55.8 Å². The summed E-state index contributed by atoms with van der Waals surface area (Å²) in [7, 11) is 0. The molecule has 0 fully saturated rings. The third-order valence-corrected chi connectivity index (χ3v) is 5.75. The largest absolute Gasteiger partial charge is 0.459 e. The van der Waals surface area contributed by atoms with Crippen molar-refractivity contribution >= 4 is 46.7 Å². The zero-order valence-corrected chi connectivity index (χ0v) is 20.9. The third kappa shape index (κ3) is 5.87. The van der Waals surface area contributed by atoms with Gasteiger partial charge < -0.3 is 15.4 Å². The first-order chi connectivity index (χ1) is 17.7. The minimum absolute atomic E-state index is 0.135. The zero-order chi connectivity index (χ0) is 26.5. The number of imide groups is 1. The molecule has 37 heavy (non-hydrogen) atoms. The molecule has 0 aromatic heterocycles. The van der Waals surface area contributed by atoms with Crippen LogP contribution in [0.2, 0.25) is 0 Å². The number of carbonyl (C=O) groups excluding carboxylic acids is 4. The summed E-state index contributed by atoms with van der Waals surface area (Å²) in [6.07, 6.45) is -0.325. The SMILES string of the molecule is CC(C)OC(=O)c1cccc(N2C(=O)C(Cl)=C(Nc3cccc(C(=O)NCc4ccccc4)c3)C2=O)c1. The highest BCUT2D eigenvalue weighted by atomic mass is 35.5. The van der Waals surface area contributed by atoms with E-state index in [1.54, 1.807) is 44.2 Å². The van der Waals surface area contributed by atoms with Crippen LogP contribution in [0.25, 0.3) is 0 Å². The van der Waals surface area contributed by atoms with E-state index in [4.69, 9.17) is 16.3 Å². The molecule has 0 saturated heterocycles. The van der Waals surface area contributed by atoms with Crippen molar-refractivity contribution in [2.24, 2.45) is 0 Å². The van der Waals surface area contributed by atoms with Crippen LogP contribution in [0.15, 0.2) is 89.6 Å². The lowest BCUT2D eigenvalue weighted by molar-refractivity contribution is -0.120. The summed E-state index contributed by atoms with van der Waals surface area (Å²) in [6, 6.07) is 22.0. The fourth-order valence-electron chi connectivity index (χ4n) is 3.66. The highest BCUT2D eigenvalue weighted by Gasteiger charge is 2.39. The number of carbonyl (C=O) groups is 4. The van der Waals surface area contributed by atoms with Gasteiger partial charge in [0.25, 0.3) is 17.7 Å². The molecule has 1 heterocycles. The summed E-state index contributed by atoms with van der Waals surface area (Å²) >= 11 is 6.24. The van der Waals surface area contributed by atoms with E-state index >= 15 is 0 Å². The van der Waals surface area contributed by atoms with Crippen LogP contribution in [0.1, 0.15) is 40.1 Å². The van der Waals surface area contributed by atoms with Gasteiger partial charge in [-0.1, -0.05) is 54.1 Å². The van der Waals surface area contributed by atoms with Gasteiger partial charge in [0.1, 0.15) is 10.7 Å². The molecule has 9 heteroatoms. The Morgan fingerprint density at radius 3 is 2.32 bits per heavy atom. The summed E-state index contributed by atoms with van der Waals surface area (Å²) in [5, 5.41) is 5.40. The monoisotopic (exact) mass is 517 g/mol. The number of halogens is 1. The molecule has 1 aliphatic rings. The van der Waals surface area contributed by atoms with Crippen LogP contribution in [0, 0.1) is 0 Å². The smallest absolute Gasteiger partial charge is 0.338 e. The van der Waals surface area contributed by atoms with Gasteiger partial charge in [-0.2, -0.15) is 0 Å². The Morgan fingerprint density at radius 1 is 0.892 bits per heavy atom. The molecular weight excluding hydrogens is 494 g/mol. The minimum Gasteiger partial charge on any atom is -0.459 e. The molecule has 188 valence electrons. The molecule has 0 spiro atoms. The predicted octanol–water partition coefficient (Wildman–Crippen LogP) is 4.62. The molecule has 4 rings (SSSR count). The van der Waals surface area contributed by atoms with Crippen LogP contribution < -0.4 is 15.5 Å². The number of ether oxygens (including phenoxy) is 1. The second-order valence-corrected chi connectivity index (χ2v) is 8.89. The predicted molar refractivity (Wildman–Crippen MR) is 140 cm³/mol. The van der Waals surface area contributed by atoms with Gasteiger partial charge in [0, 0.05) is 17.8 Å². The number of rotatable bonds is 8. The Hall–Kier alpha value is -4.43. The summed E-state index contributed by atoms with van der Waals surface area (Å²) < 4.78 is 5.19. The molecule has 0 radical (unpaired) electrons. The van der Waals surface area contributed by atoms with Gasteiger partial charge in [0.05, 0.1) is 17.4 Å². The van der Waals surface area contributed by atoms with Crippen molar-refractivity contribution in [3.8, 4) is 0 Å². The van der Waals surface area contributed by atoms with Gasteiger partial charge in [-0.25, -0.2) is 9.69 Å². The minimum atomic E-state index is -0.736. The Bertz CT molecular complexity index is 1400. The molecule has 3 amide bonds. The lowest BCUT2D eigenvalue weighted by Gasteiger charge is -2.16. The van der Waals surface area contributed by atoms with E-state index in [1.165, 1.54) is 18.2 Å². The van der Waals surface area contributed by atoms with Gasteiger partial charge >= 0.3 is 5.97 Å². The number of nitrogens with one attached hydrogen (secondary N) is 2. The topological polar surface area (TPSA) is 105 Å². The van der Waals surface area contributed by atoms with Crippen molar-refractivity contribution in [1.82, 2.24) is 5.32 Å². The van der Waals surface area contributed by atoms with E-state index in [1.807, 2.05) is 30.3 Å². The molecule has 1 aliphatic heterocycles. The lowest BCUT2D eigenvalue weighted by atomic mass is 10.1. The molecule has 0 saturated carbocycles. The number of anilines is 2. The zero-order valence-electron chi connectivity index (χ0n) is 20.2. The van der Waals surface area contributed by atoms with E-state index in [9.17, 15) is 19.2 Å². The van der Waals surface area contributed by atoms with Gasteiger partial charge in [-0.3, -0.25) is 14.4 Å². The lowest BCUT2D eigenvalue weighted by Crippen LogP contribution is -2.32. The number of nitrogens with zero attached hydrogens (tertiary/aromatic N) is 1. The summed E-state index contributed by atoms with van der Waals surface area (Å²) in [5.74, 6) is -2.30. The maximum absolute atomic E-state index is 13.2. The van der Waals surface area contributed by atoms with Gasteiger partial charge in [-0.15, -0.1) is 0 Å². The van der Waals surface area contributed by atoms with Crippen LogP contribution in [0.3, 0.4) is 0 Å². The average molecular weight is 518 g/mol. The first kappa shape index (κ1) is 25.7. The quantitative estimate of drug-likeness (QED) is 0.334. The van der Waals surface area contributed by atoms with Crippen LogP contribution in [-0.2, 0) is 20.9 Å². The normalized spacial score (nSPS) is 13.2. The number of amides is 3. The van der Waals surface area contributed by atoms with Crippen LogP contribution in [0.4, 0.5) is 11.4 Å². The Kier molecular flexibility index (Phi) is 7.69. The summed E-state index contributed by atoms with van der Waals surface area (Å²) in [6.45, 7) is 3.80. The second-order valence-electron chi connectivity index (χ2n) is 8.51. The first-order valence-electron chi connectivity index (χ1n) is 11.5. The van der Waals surface area contributed by atoms with Crippen LogP contribution in [0.5, 0.6) is 0 Å². The number of hydrogen-bond acceptors (Lipinski definition) is 6. The Balaban J connectivity index is 1.49. The first-order valence-corrected chi connectivity index (χ1v) is 11.9. The molecule has 2 N–H and O–H groups in total. The van der Waals surface area contributed by atoms with Crippen LogP contribution in [-0.4, -0.2) is 29.8 Å². The Labute approximate surface area is 218 Å². The van der Waals surface area contributed by atoms with Gasteiger partial charge in [0.2, 0.25) is 0 Å². The molecule has 0 atom stereocenters. The van der Waals surface area contributed by atoms with E-state index in [-0.39, 0.29) is 34.0 Å². The second kappa shape index (κ2) is 11.1. The van der Waals surface area contributed by atoms with Crippen molar-refractivity contribution in [2.45, 2.75) is 26.5 Å². The standard InChI is InChI=1S/C28H24ClN3O5/c1-17(2)37-28(36)20-11-7-13-22(15-20)32-26(34)23(29)24(27(32)35)31-21-12-6-10-19(14-21)25(33)30-16-18-8-4-3-5-9-18/h3-15,17,31H,16H2,1-2H3,(H,30,33). The number of benzene rings is 3. The molecule has 8 nitrogen and oxygen atoms in total. The number of esters is 1. The molecule has 0 bridgehead atoms. The fourth-order valence-corrected chi connectivity index (χ4v) is 3.88. The van der Waals surface area contributed by atoms with E-state index in [2.05, 4.69) is 10.6 Å². The fraction of sp³-hybridized carbons (Fsp3) is 0.143. The Morgan fingerprint density at radius 2 is 1.59 bits per heavy atom. The average Bonchev–Trinajstić information content (AvgIpc) is 3.10. The maximum atomic E-state index is 13.2. The van der Waals surface area contributed by atoms with Crippen molar-refractivity contribution < 1.29 is 23.9 Å². The number of hydrogen-bond donors (Lipinski definition) is 2. The van der Waals surface area contributed by atoms with Crippen molar-refractivity contribution in [2.75, 3.05) is 10.2 Å². The van der Waals surface area contributed by atoms with E-state index < -0.39 is 17.8 Å². The summed E-state index contributed by atoms with van der Waals surface area (Å²) in [5.41, 5.74) is 1.96. The molecule has 0 unspecified atom stereocenters. The van der Waals surface area contributed by atoms with Crippen LogP contribution >= 0.6 is 11.6 Å². The van der Waals surface area contributed by atoms with Crippen molar-refractivity contribution in [3.63, 3.8) is 0 Å². The maximum Gasteiger partial charge on any atom is 0.338 e. The third-order valence-electron chi connectivity index (χ3n) is 5.40. The van der Waals surface area contributed by atoms with Crippen molar-refractivity contribution in [1.29, 1.82) is 0 Å². The van der Waals surface area contributed by atoms with Gasteiger partial charge in [0.15, 0.2) is 0 Å². The highest BCUT2D eigenvalue weighted by molar-refractivity contribution is 6.53. The van der Waals surface area contributed by atoms with Crippen molar-refractivity contribution in [3.05, 3.63) is 106 Å². The van der Waals surface area contributed by atoms with E-state index in [0.29, 0.717) is 17.8 Å². The highest BCUT2D eigenvalue weighted by Crippen LogP contribution is 2.31. The molecule has 0 aliphatic carbocycles. The van der Waals surface area contributed by atoms with E-state index in [0.717, 1.165) is 10.5 Å². The molecule has 3 aromatic carbocycles. The summed E-state index contributed by atoms with van der Waals surface area (Å²) in [4.78, 5) is 51.8.